The van der Waals surface area contributed by atoms with Gasteiger partial charge in [0.2, 0.25) is 0 Å². The summed E-state index contributed by atoms with van der Waals surface area (Å²) in [6.45, 7) is 6.78. The van der Waals surface area contributed by atoms with Crippen LogP contribution in [0, 0.1) is 0 Å². The van der Waals surface area contributed by atoms with Gasteiger partial charge >= 0.3 is 0 Å². The van der Waals surface area contributed by atoms with Crippen LogP contribution in [-0.4, -0.2) is 0 Å². The van der Waals surface area contributed by atoms with Crippen LogP contribution >= 0.6 is 0 Å². The van der Waals surface area contributed by atoms with E-state index in [1.807, 2.05) is 54.6 Å². The van der Waals surface area contributed by atoms with Gasteiger partial charge in [0.05, 0.1) is 18.2 Å². The Morgan fingerprint density at radius 3 is 1.38 bits per heavy atom. The van der Waals surface area contributed by atoms with Crippen LogP contribution in [0.4, 0.5) is 34.1 Å². The molecule has 0 N–H and O–H groups in total. The Morgan fingerprint density at radius 1 is 0.329 bits per heavy atom. The van der Waals surface area contributed by atoms with E-state index in [9.17, 15) is 0 Å². The molecule has 0 unspecified atom stereocenters. The van der Waals surface area contributed by atoms with E-state index in [1.165, 1.54) is 11.1 Å². The maximum Gasteiger partial charge on any atom is 0.135 e. The lowest BCUT2D eigenvalue weighted by atomic mass is 9.82. The molecule has 1 heterocycles. The third-order valence-corrected chi connectivity index (χ3v) is 13.7. The van der Waals surface area contributed by atoms with Crippen LogP contribution in [0.25, 0.3) is 77.6 Å². The molecule has 0 amide bonds. The summed E-state index contributed by atoms with van der Waals surface area (Å²) in [7, 11) is 0. The largest absolute Gasteiger partial charge is 0.456 e. The molecule has 0 bridgehead atoms. The van der Waals surface area contributed by atoms with E-state index < -0.39 is 6.04 Å². The highest BCUT2D eigenvalue weighted by Crippen LogP contribution is 2.48. The zero-order valence-corrected chi connectivity index (χ0v) is 40.9. The van der Waals surface area contributed by atoms with Crippen molar-refractivity contribution in [2.24, 2.45) is 0 Å². The van der Waals surface area contributed by atoms with E-state index in [-0.39, 0.29) is 35.1 Å². The third-order valence-electron chi connectivity index (χ3n) is 13.7. The molecule has 3 nitrogen and oxygen atoms in total. The summed E-state index contributed by atoms with van der Waals surface area (Å²) < 4.78 is 49.4. The number of hydrogen-bond donors (Lipinski definition) is 0. The Kier molecular flexibility index (Phi) is 10.4. The van der Waals surface area contributed by atoms with Crippen LogP contribution in [0.5, 0.6) is 0 Å². The average Bonchev–Trinajstić information content (AvgIpc) is 3.95. The molecule has 0 saturated carbocycles. The van der Waals surface area contributed by atoms with E-state index in [4.69, 9.17) is 11.3 Å². The van der Waals surface area contributed by atoms with E-state index in [1.54, 1.807) is 0 Å². The zero-order chi connectivity index (χ0) is 53.7. The standard InChI is InChI=1S/C70H54N2O/c1-70(2,3)65-31-17-13-27-60(65)53-37-42-57(43-38-53)72(67-33-19-15-29-62(67)52-25-11-6-12-26-52)59-46-55(54-39-44-69-64(47-54)63-30-16-20-34-68(63)73-69)45-58(48-59)71(56-40-35-50(36-41-56)49-21-7-4-8-22-49)66-32-18-14-28-61(66)51-23-9-5-10-24-51/h4-48H,1-3H3/i4D,7D,8D,21D,22D. The molecule has 1 aromatic heterocycles. The summed E-state index contributed by atoms with van der Waals surface area (Å²) in [4.78, 5) is 4.63. The number of anilines is 6. The predicted molar refractivity (Wildman–Crippen MR) is 309 cm³/mol. The van der Waals surface area contributed by atoms with Crippen LogP contribution in [0.3, 0.4) is 0 Å². The summed E-state index contributed by atoms with van der Waals surface area (Å²) in [6, 6.07) is 82.8. The molecule has 350 valence electrons. The van der Waals surface area contributed by atoms with Crippen molar-refractivity contribution in [1.82, 2.24) is 0 Å². The average molecular weight is 944 g/mol. The Morgan fingerprint density at radius 2 is 0.795 bits per heavy atom. The minimum absolute atomic E-state index is 0.0657. The normalized spacial score (nSPS) is 12.5. The molecule has 0 radical (unpaired) electrons. The molecule has 0 fully saturated rings. The van der Waals surface area contributed by atoms with Gasteiger partial charge in [0.1, 0.15) is 11.2 Å². The fourth-order valence-corrected chi connectivity index (χ4v) is 10.2. The Hall–Kier alpha value is -9.18. The topological polar surface area (TPSA) is 19.6 Å². The lowest BCUT2D eigenvalue weighted by Crippen LogP contribution is -2.15. The van der Waals surface area contributed by atoms with Crippen LogP contribution in [0.2, 0.25) is 0 Å². The molecule has 73 heavy (non-hydrogen) atoms. The van der Waals surface area contributed by atoms with Gasteiger partial charge < -0.3 is 14.2 Å². The first-order valence-electron chi connectivity index (χ1n) is 27.2. The fourth-order valence-electron chi connectivity index (χ4n) is 10.2. The first-order chi connectivity index (χ1) is 37.9. The summed E-state index contributed by atoms with van der Waals surface area (Å²) in [5, 5.41) is 2.05. The second-order valence-electron chi connectivity index (χ2n) is 19.4. The fraction of sp³-hybridized carbons (Fsp3) is 0.0571. The van der Waals surface area contributed by atoms with E-state index >= 15 is 0 Å². The number of furan rings is 1. The molecular formula is C70H54N2O. The van der Waals surface area contributed by atoms with E-state index in [0.29, 0.717) is 5.56 Å². The molecule has 12 aromatic rings. The minimum atomic E-state index is -0.424. The number of fused-ring (bicyclic) bond motifs is 3. The van der Waals surface area contributed by atoms with Gasteiger partial charge in [0, 0.05) is 44.6 Å². The van der Waals surface area contributed by atoms with Crippen LogP contribution in [-0.2, 0) is 5.41 Å². The van der Waals surface area contributed by atoms with Crippen molar-refractivity contribution in [3.63, 3.8) is 0 Å². The molecule has 11 aromatic carbocycles. The molecule has 0 spiro atoms. The van der Waals surface area contributed by atoms with Gasteiger partial charge in [0.15, 0.2) is 0 Å². The number of benzene rings is 11. The summed E-state index contributed by atoms with van der Waals surface area (Å²) in [6.07, 6.45) is 0. The second kappa shape index (κ2) is 19.2. The Bertz CT molecular complexity index is 4160. The highest BCUT2D eigenvalue weighted by Gasteiger charge is 2.25. The Labute approximate surface area is 435 Å². The van der Waals surface area contributed by atoms with Crippen molar-refractivity contribution in [2.45, 2.75) is 26.2 Å². The smallest absolute Gasteiger partial charge is 0.135 e. The summed E-state index contributed by atoms with van der Waals surface area (Å²) >= 11 is 0. The van der Waals surface area contributed by atoms with Crippen molar-refractivity contribution < 1.29 is 11.3 Å². The number of para-hydroxylation sites is 3. The van der Waals surface area contributed by atoms with Gasteiger partial charge in [-0.05, 0) is 128 Å². The first kappa shape index (κ1) is 39.5. The Balaban J connectivity index is 1.13. The summed E-state index contributed by atoms with van der Waals surface area (Å²) in [5.41, 5.74) is 17.4. The molecule has 0 atom stereocenters. The molecule has 3 heteroatoms. The zero-order valence-electron chi connectivity index (χ0n) is 45.9. The predicted octanol–water partition coefficient (Wildman–Crippen LogP) is 20.2. The van der Waals surface area contributed by atoms with Crippen LogP contribution < -0.4 is 9.80 Å². The number of nitrogens with zero attached hydrogens (tertiary/aromatic N) is 2. The highest BCUT2D eigenvalue weighted by atomic mass is 16.3. The van der Waals surface area contributed by atoms with Crippen molar-refractivity contribution in [3.8, 4) is 55.6 Å². The van der Waals surface area contributed by atoms with Gasteiger partial charge in [-0.25, -0.2) is 0 Å². The van der Waals surface area contributed by atoms with Crippen LogP contribution in [0.15, 0.2) is 277 Å². The highest BCUT2D eigenvalue weighted by molar-refractivity contribution is 6.06. The maximum atomic E-state index is 8.86. The first-order valence-corrected chi connectivity index (χ1v) is 24.7. The SMILES string of the molecule is [2H]c1c([2H])c([2H])c(-c2ccc(N(c3cc(-c4ccc5oc6ccccc6c5c4)cc(N(c4ccc(-c5ccccc5C(C)(C)C)cc4)c4ccccc4-c4ccccc4)c3)c3ccccc3-c3ccccc3)cc2)c([2H])c1[2H]. The van der Waals surface area contributed by atoms with Crippen molar-refractivity contribution in [3.05, 3.63) is 278 Å². The van der Waals surface area contributed by atoms with Crippen molar-refractivity contribution in [1.29, 1.82) is 0 Å². The number of hydrogen-bond acceptors (Lipinski definition) is 3. The molecule has 12 rings (SSSR count). The number of rotatable bonds is 11. The monoisotopic (exact) mass is 943 g/mol. The maximum absolute atomic E-state index is 8.86. The quantitative estimate of drug-likeness (QED) is 0.129. The molecule has 0 aliphatic heterocycles. The lowest BCUT2D eigenvalue weighted by molar-refractivity contribution is 0.592. The summed E-state index contributed by atoms with van der Waals surface area (Å²) in [5.74, 6) is 0. The molecule has 0 saturated heterocycles. The van der Waals surface area contributed by atoms with E-state index in [2.05, 4.69) is 219 Å². The molecular weight excluding hydrogens is 885 g/mol. The molecule has 0 aliphatic rings. The van der Waals surface area contributed by atoms with Crippen molar-refractivity contribution in [2.75, 3.05) is 9.80 Å². The van der Waals surface area contributed by atoms with Gasteiger partial charge in [-0.1, -0.05) is 221 Å². The third kappa shape index (κ3) is 8.87. The van der Waals surface area contributed by atoms with Gasteiger partial charge in [0.25, 0.3) is 0 Å². The van der Waals surface area contributed by atoms with Gasteiger partial charge in [-0.2, -0.15) is 0 Å². The minimum Gasteiger partial charge on any atom is -0.456 e. The van der Waals surface area contributed by atoms with Crippen molar-refractivity contribution >= 4 is 56.1 Å². The van der Waals surface area contributed by atoms with E-state index in [0.717, 1.165) is 95.0 Å². The second-order valence-corrected chi connectivity index (χ2v) is 19.4. The molecule has 0 aliphatic carbocycles. The van der Waals surface area contributed by atoms with Gasteiger partial charge in [-0.3, -0.25) is 0 Å². The van der Waals surface area contributed by atoms with Crippen LogP contribution in [0.1, 0.15) is 33.2 Å². The van der Waals surface area contributed by atoms with Gasteiger partial charge in [-0.15, -0.1) is 0 Å². The lowest BCUT2D eigenvalue weighted by Gasteiger charge is -2.32.